The maximum atomic E-state index is 12.2. The van der Waals surface area contributed by atoms with Crippen LogP contribution in [0.3, 0.4) is 0 Å². The van der Waals surface area contributed by atoms with E-state index >= 15 is 0 Å². The van der Waals surface area contributed by atoms with Gasteiger partial charge in [0.2, 0.25) is 0 Å². The lowest BCUT2D eigenvalue weighted by molar-refractivity contribution is 0.102. The standard InChI is InChI=1S/C16H14N4O2S/c1-23(22)15-8-2-12(3-9-15)16(21)19-13-4-6-14(7-5-13)20-17-10-11-18-20/h2-11H,1H3,(H,19,21)/t23-/m1/s1. The van der Waals surface area contributed by atoms with Crippen molar-refractivity contribution in [2.45, 2.75) is 4.90 Å². The summed E-state index contributed by atoms with van der Waals surface area (Å²) < 4.78 is 11.3. The molecule has 116 valence electrons. The Morgan fingerprint density at radius 3 is 2.17 bits per heavy atom. The van der Waals surface area contributed by atoms with Crippen molar-refractivity contribution in [3.8, 4) is 5.69 Å². The molecule has 3 rings (SSSR count). The predicted molar refractivity (Wildman–Crippen MR) is 88.1 cm³/mol. The van der Waals surface area contributed by atoms with Crippen molar-refractivity contribution in [3.05, 3.63) is 66.5 Å². The molecule has 0 bridgehead atoms. The van der Waals surface area contributed by atoms with Crippen molar-refractivity contribution < 1.29 is 9.00 Å². The number of benzene rings is 2. The molecule has 7 heteroatoms. The Morgan fingerprint density at radius 1 is 1.00 bits per heavy atom. The summed E-state index contributed by atoms with van der Waals surface area (Å²) in [6.07, 6.45) is 4.80. The van der Waals surface area contributed by atoms with Gasteiger partial charge in [-0.25, -0.2) is 0 Å². The van der Waals surface area contributed by atoms with Crippen molar-refractivity contribution in [1.82, 2.24) is 15.0 Å². The van der Waals surface area contributed by atoms with E-state index in [-0.39, 0.29) is 5.91 Å². The summed E-state index contributed by atoms with van der Waals surface area (Å²) in [4.78, 5) is 14.4. The van der Waals surface area contributed by atoms with Crippen molar-refractivity contribution >= 4 is 22.4 Å². The summed E-state index contributed by atoms with van der Waals surface area (Å²) in [6.45, 7) is 0. The lowest BCUT2D eigenvalue weighted by Crippen LogP contribution is -2.12. The zero-order chi connectivity index (χ0) is 16.2. The second-order valence-corrected chi connectivity index (χ2v) is 6.18. The minimum absolute atomic E-state index is 0.219. The van der Waals surface area contributed by atoms with E-state index in [4.69, 9.17) is 0 Å². The van der Waals surface area contributed by atoms with E-state index in [9.17, 15) is 9.00 Å². The highest BCUT2D eigenvalue weighted by Gasteiger charge is 2.07. The molecule has 1 amide bonds. The highest BCUT2D eigenvalue weighted by atomic mass is 32.2. The number of carbonyl (C=O) groups excluding carboxylic acids is 1. The number of anilines is 1. The van der Waals surface area contributed by atoms with Crippen LogP contribution in [0.5, 0.6) is 0 Å². The van der Waals surface area contributed by atoms with Gasteiger partial charge in [-0.3, -0.25) is 9.00 Å². The highest BCUT2D eigenvalue weighted by Crippen LogP contribution is 2.14. The summed E-state index contributed by atoms with van der Waals surface area (Å²) in [5.74, 6) is -0.219. The summed E-state index contributed by atoms with van der Waals surface area (Å²) in [5.41, 5.74) is 1.99. The molecule has 2 aromatic carbocycles. The number of hydrogen-bond acceptors (Lipinski definition) is 4. The van der Waals surface area contributed by atoms with Crippen LogP contribution in [-0.2, 0) is 10.8 Å². The van der Waals surface area contributed by atoms with E-state index in [0.717, 1.165) is 5.69 Å². The number of nitrogens with one attached hydrogen (secondary N) is 1. The van der Waals surface area contributed by atoms with Gasteiger partial charge in [0.1, 0.15) is 0 Å². The van der Waals surface area contributed by atoms with Crippen molar-refractivity contribution in [3.63, 3.8) is 0 Å². The third kappa shape index (κ3) is 3.51. The van der Waals surface area contributed by atoms with Gasteiger partial charge >= 0.3 is 0 Å². The van der Waals surface area contributed by atoms with Gasteiger partial charge in [-0.05, 0) is 48.5 Å². The zero-order valence-corrected chi connectivity index (χ0v) is 13.2. The van der Waals surface area contributed by atoms with Crippen LogP contribution in [0.4, 0.5) is 5.69 Å². The van der Waals surface area contributed by atoms with E-state index in [0.29, 0.717) is 16.1 Å². The molecular weight excluding hydrogens is 312 g/mol. The summed E-state index contributed by atoms with van der Waals surface area (Å²) in [5, 5.41) is 10.9. The van der Waals surface area contributed by atoms with Crippen LogP contribution in [0.15, 0.2) is 65.8 Å². The van der Waals surface area contributed by atoms with Gasteiger partial charge in [-0.2, -0.15) is 15.0 Å². The monoisotopic (exact) mass is 326 g/mol. The molecular formula is C16H14N4O2S. The lowest BCUT2D eigenvalue weighted by atomic mass is 10.2. The molecule has 6 nitrogen and oxygen atoms in total. The number of rotatable bonds is 4. The van der Waals surface area contributed by atoms with E-state index in [1.165, 1.54) is 4.80 Å². The minimum Gasteiger partial charge on any atom is -0.322 e. The molecule has 1 aromatic heterocycles. The van der Waals surface area contributed by atoms with Crippen LogP contribution in [0.2, 0.25) is 0 Å². The first-order valence-corrected chi connectivity index (χ1v) is 8.41. The third-order valence-corrected chi connectivity index (χ3v) is 4.16. The molecule has 1 atom stereocenters. The number of nitrogens with zero attached hydrogens (tertiary/aromatic N) is 3. The third-order valence-electron chi connectivity index (χ3n) is 3.22. The largest absolute Gasteiger partial charge is 0.322 e. The maximum Gasteiger partial charge on any atom is 0.255 e. The molecule has 0 fully saturated rings. The van der Waals surface area contributed by atoms with Crippen LogP contribution in [-0.4, -0.2) is 31.4 Å². The quantitative estimate of drug-likeness (QED) is 0.798. The summed E-state index contributed by atoms with van der Waals surface area (Å²) >= 11 is 0. The predicted octanol–water partition coefficient (Wildman–Crippen LogP) is 2.26. The Labute approximate surface area is 135 Å². The number of hydrogen-bond donors (Lipinski definition) is 1. The lowest BCUT2D eigenvalue weighted by Gasteiger charge is -2.07. The molecule has 1 heterocycles. The molecule has 0 aliphatic rings. The van der Waals surface area contributed by atoms with Crippen LogP contribution < -0.4 is 5.32 Å². The average Bonchev–Trinajstić information content (AvgIpc) is 3.10. The Bertz CT molecular complexity index is 828. The van der Waals surface area contributed by atoms with Gasteiger partial charge in [0.15, 0.2) is 0 Å². The average molecular weight is 326 g/mol. The van der Waals surface area contributed by atoms with Crippen LogP contribution in [0.25, 0.3) is 5.69 Å². The smallest absolute Gasteiger partial charge is 0.255 e. The second-order valence-electron chi connectivity index (χ2n) is 4.80. The molecule has 0 unspecified atom stereocenters. The number of amides is 1. The van der Waals surface area contributed by atoms with Gasteiger partial charge in [0.25, 0.3) is 5.91 Å². The second kappa shape index (κ2) is 6.53. The molecule has 3 aromatic rings. The molecule has 0 spiro atoms. The fraction of sp³-hybridized carbons (Fsp3) is 0.0625. The Morgan fingerprint density at radius 2 is 1.61 bits per heavy atom. The van der Waals surface area contributed by atoms with E-state index in [1.54, 1.807) is 55.0 Å². The first kappa shape index (κ1) is 15.1. The Kier molecular flexibility index (Phi) is 4.29. The molecule has 23 heavy (non-hydrogen) atoms. The molecule has 0 aliphatic heterocycles. The first-order valence-electron chi connectivity index (χ1n) is 6.85. The van der Waals surface area contributed by atoms with Gasteiger partial charge in [0.05, 0.1) is 18.1 Å². The van der Waals surface area contributed by atoms with Gasteiger partial charge < -0.3 is 5.32 Å². The molecule has 1 N–H and O–H groups in total. The van der Waals surface area contributed by atoms with Crippen LogP contribution in [0.1, 0.15) is 10.4 Å². The minimum atomic E-state index is -1.05. The highest BCUT2D eigenvalue weighted by molar-refractivity contribution is 7.84. The zero-order valence-electron chi connectivity index (χ0n) is 12.3. The number of aromatic nitrogens is 3. The normalized spacial score (nSPS) is 11.9. The van der Waals surface area contributed by atoms with Crippen molar-refractivity contribution in [1.29, 1.82) is 0 Å². The summed E-state index contributed by atoms with van der Waals surface area (Å²) in [7, 11) is -1.05. The van der Waals surface area contributed by atoms with Gasteiger partial charge in [-0.1, -0.05) is 0 Å². The molecule has 0 saturated carbocycles. The van der Waals surface area contributed by atoms with Gasteiger partial charge in [-0.15, -0.1) is 0 Å². The van der Waals surface area contributed by atoms with Gasteiger partial charge in [0, 0.05) is 33.2 Å². The van der Waals surface area contributed by atoms with Crippen molar-refractivity contribution in [2.24, 2.45) is 0 Å². The Hall–Kier alpha value is -2.80. The van der Waals surface area contributed by atoms with Crippen LogP contribution in [0, 0.1) is 0 Å². The van der Waals surface area contributed by atoms with E-state index in [1.807, 2.05) is 12.1 Å². The van der Waals surface area contributed by atoms with Crippen molar-refractivity contribution in [2.75, 3.05) is 11.6 Å². The first-order chi connectivity index (χ1) is 11.1. The number of carbonyl (C=O) groups is 1. The van der Waals surface area contributed by atoms with Crippen LogP contribution >= 0.6 is 0 Å². The molecule has 0 saturated heterocycles. The maximum absolute atomic E-state index is 12.2. The molecule has 0 radical (unpaired) electrons. The topological polar surface area (TPSA) is 76.9 Å². The van der Waals surface area contributed by atoms with E-state index < -0.39 is 10.8 Å². The van der Waals surface area contributed by atoms with E-state index in [2.05, 4.69) is 15.5 Å². The SMILES string of the molecule is C[S@@](=O)c1ccc(C(=O)Nc2ccc(-n3nccn3)cc2)cc1. The fourth-order valence-electron chi connectivity index (χ4n) is 2.03. The Balaban J connectivity index is 1.71. The fourth-order valence-corrected chi connectivity index (χ4v) is 2.55. The molecule has 0 aliphatic carbocycles. The summed E-state index contributed by atoms with van der Waals surface area (Å²) in [6, 6.07) is 13.9.